The number of halogens is 1. The molecule has 2 fully saturated rings. The molecule has 11 heteroatoms. The number of aromatic nitrogens is 6. The van der Waals surface area contributed by atoms with Gasteiger partial charge in [0.2, 0.25) is 17.7 Å². The molecule has 4 heterocycles. The van der Waals surface area contributed by atoms with Crippen LogP contribution in [0.25, 0.3) is 6.08 Å². The van der Waals surface area contributed by atoms with Gasteiger partial charge in [0.25, 0.3) is 0 Å². The fraction of sp³-hybridized carbons (Fsp3) is 0.520. The fourth-order valence-corrected chi connectivity index (χ4v) is 4.94. The van der Waals surface area contributed by atoms with Crippen molar-refractivity contribution in [2.75, 3.05) is 26.3 Å². The molecule has 0 aliphatic carbocycles. The lowest BCUT2D eigenvalue weighted by Gasteiger charge is -2.29. The van der Waals surface area contributed by atoms with Crippen LogP contribution in [0.15, 0.2) is 28.7 Å². The van der Waals surface area contributed by atoms with Gasteiger partial charge in [-0.1, -0.05) is 17.7 Å². The molecule has 2 saturated heterocycles. The molecule has 5 rings (SSSR count). The van der Waals surface area contributed by atoms with Crippen LogP contribution in [0.4, 0.5) is 0 Å². The molecule has 0 spiro atoms. The van der Waals surface area contributed by atoms with Gasteiger partial charge in [0.05, 0.1) is 6.54 Å². The van der Waals surface area contributed by atoms with Gasteiger partial charge < -0.3 is 14.1 Å². The van der Waals surface area contributed by atoms with E-state index in [0.717, 1.165) is 56.4 Å². The number of piperidine rings is 1. The van der Waals surface area contributed by atoms with E-state index in [2.05, 4.69) is 25.6 Å². The highest BCUT2D eigenvalue weighted by atomic mass is 35.5. The number of amides is 1. The van der Waals surface area contributed by atoms with Gasteiger partial charge in [-0.05, 0) is 73.1 Å². The maximum atomic E-state index is 12.9. The van der Waals surface area contributed by atoms with Gasteiger partial charge in [-0.3, -0.25) is 4.79 Å². The van der Waals surface area contributed by atoms with Crippen LogP contribution in [0, 0.1) is 12.8 Å². The van der Waals surface area contributed by atoms with E-state index >= 15 is 0 Å². The zero-order chi connectivity index (χ0) is 24.9. The first kappa shape index (κ1) is 24.6. The number of hydrogen-bond acceptors (Lipinski definition) is 8. The van der Waals surface area contributed by atoms with Crippen LogP contribution in [0.3, 0.4) is 0 Å². The Bertz CT molecular complexity index is 1210. The summed E-state index contributed by atoms with van der Waals surface area (Å²) in [7, 11) is 0. The Morgan fingerprint density at radius 1 is 1.14 bits per heavy atom. The Labute approximate surface area is 214 Å². The zero-order valence-electron chi connectivity index (χ0n) is 20.3. The minimum absolute atomic E-state index is 0.0187. The summed E-state index contributed by atoms with van der Waals surface area (Å²) >= 11 is 6.20. The van der Waals surface area contributed by atoms with Crippen LogP contribution in [0.2, 0.25) is 5.02 Å². The highest BCUT2D eigenvalue weighted by Crippen LogP contribution is 2.28. The van der Waals surface area contributed by atoms with Crippen molar-refractivity contribution in [1.29, 1.82) is 0 Å². The number of carbonyl (C=O) groups excluding carboxylic acids is 1. The molecule has 0 atom stereocenters. The van der Waals surface area contributed by atoms with Crippen LogP contribution in [-0.2, 0) is 22.5 Å². The molecule has 2 aliphatic heterocycles. The second kappa shape index (κ2) is 11.3. The van der Waals surface area contributed by atoms with Crippen molar-refractivity contribution in [2.45, 2.75) is 51.5 Å². The van der Waals surface area contributed by atoms with Crippen molar-refractivity contribution >= 4 is 23.6 Å². The summed E-state index contributed by atoms with van der Waals surface area (Å²) in [5, 5.41) is 21.4. The predicted molar refractivity (Wildman–Crippen MR) is 132 cm³/mol. The number of nitrogens with zero attached hydrogens (tertiary/aromatic N) is 7. The minimum Gasteiger partial charge on any atom is -0.425 e. The molecule has 2 aromatic heterocycles. The Hall–Kier alpha value is -3.11. The first-order chi connectivity index (χ1) is 17.5. The Kier molecular flexibility index (Phi) is 7.72. The van der Waals surface area contributed by atoms with E-state index in [1.54, 1.807) is 19.1 Å². The topological polar surface area (TPSA) is 112 Å². The van der Waals surface area contributed by atoms with Gasteiger partial charge in [0.1, 0.15) is 0 Å². The predicted octanol–water partition coefficient (Wildman–Crippen LogP) is 3.45. The molecule has 1 aromatic carbocycles. The number of rotatable bonds is 7. The van der Waals surface area contributed by atoms with Crippen molar-refractivity contribution in [2.24, 2.45) is 5.92 Å². The molecule has 36 heavy (non-hydrogen) atoms. The number of tetrazole rings is 1. The molecule has 0 radical (unpaired) electrons. The number of carbonyl (C=O) groups is 1. The van der Waals surface area contributed by atoms with Crippen molar-refractivity contribution < 1.29 is 13.9 Å². The van der Waals surface area contributed by atoms with Crippen molar-refractivity contribution in [3.63, 3.8) is 0 Å². The highest BCUT2D eigenvalue weighted by Gasteiger charge is 2.27. The van der Waals surface area contributed by atoms with Gasteiger partial charge in [0, 0.05) is 49.7 Å². The molecule has 190 valence electrons. The summed E-state index contributed by atoms with van der Waals surface area (Å²) in [6.45, 7) is 5.13. The maximum absolute atomic E-state index is 12.9. The standard InChI is InChI=1S/C25H30ClN7O3/c1-17-27-31-33(30-17)16-21-15-22(26)4-2-19(21)3-5-24(34)32-10-6-20(7-11-32)25-29-28-23(36-25)14-18-8-12-35-13-9-18/h2-5,15,18,20H,6-14,16H2,1H3. The molecule has 0 saturated carbocycles. The average Bonchev–Trinajstić information content (AvgIpc) is 3.53. The van der Waals surface area contributed by atoms with E-state index in [0.29, 0.717) is 48.2 Å². The molecule has 0 bridgehead atoms. The SMILES string of the molecule is Cc1nnn(Cc2cc(Cl)ccc2C=CC(=O)N2CCC(c3nnc(CC4CCOCC4)o3)CC2)n1. The molecule has 2 aliphatic rings. The normalized spacial score (nSPS) is 17.8. The third kappa shape index (κ3) is 6.17. The van der Waals surface area contributed by atoms with Gasteiger partial charge in [-0.15, -0.1) is 20.4 Å². The molecule has 0 unspecified atom stereocenters. The van der Waals surface area contributed by atoms with Crippen LogP contribution < -0.4 is 0 Å². The average molecular weight is 512 g/mol. The summed E-state index contributed by atoms with van der Waals surface area (Å²) in [5.41, 5.74) is 1.80. The molecule has 10 nitrogen and oxygen atoms in total. The summed E-state index contributed by atoms with van der Waals surface area (Å²) in [4.78, 5) is 16.3. The van der Waals surface area contributed by atoms with E-state index in [1.165, 1.54) is 4.80 Å². The van der Waals surface area contributed by atoms with Crippen molar-refractivity contribution in [1.82, 2.24) is 35.3 Å². The monoisotopic (exact) mass is 511 g/mol. The number of hydrogen-bond donors (Lipinski definition) is 0. The van der Waals surface area contributed by atoms with Crippen LogP contribution >= 0.6 is 11.6 Å². The van der Waals surface area contributed by atoms with E-state index in [-0.39, 0.29) is 11.8 Å². The minimum atomic E-state index is -0.0187. The smallest absolute Gasteiger partial charge is 0.246 e. The van der Waals surface area contributed by atoms with Gasteiger partial charge >= 0.3 is 0 Å². The number of aryl methyl sites for hydroxylation is 1. The lowest BCUT2D eigenvalue weighted by atomic mass is 9.96. The summed E-state index contributed by atoms with van der Waals surface area (Å²) in [6, 6.07) is 5.56. The van der Waals surface area contributed by atoms with Crippen molar-refractivity contribution in [3.8, 4) is 0 Å². The Morgan fingerprint density at radius 3 is 2.69 bits per heavy atom. The van der Waals surface area contributed by atoms with E-state index in [9.17, 15) is 4.79 Å². The van der Waals surface area contributed by atoms with Gasteiger partial charge in [0.15, 0.2) is 5.82 Å². The lowest BCUT2D eigenvalue weighted by Crippen LogP contribution is -2.36. The van der Waals surface area contributed by atoms with Crippen LogP contribution in [-0.4, -0.2) is 67.5 Å². The number of benzene rings is 1. The quantitative estimate of drug-likeness (QED) is 0.443. The summed E-state index contributed by atoms with van der Waals surface area (Å²) in [5.74, 6) is 2.74. The van der Waals surface area contributed by atoms with Crippen LogP contribution in [0.5, 0.6) is 0 Å². The lowest BCUT2D eigenvalue weighted by molar-refractivity contribution is -0.127. The zero-order valence-corrected chi connectivity index (χ0v) is 21.1. The van der Waals surface area contributed by atoms with Crippen molar-refractivity contribution in [3.05, 3.63) is 58.0 Å². The number of likely N-dealkylation sites (tertiary alicyclic amines) is 1. The Morgan fingerprint density at radius 2 is 1.94 bits per heavy atom. The van der Waals surface area contributed by atoms with E-state index in [1.807, 2.05) is 23.1 Å². The first-order valence-electron chi connectivity index (χ1n) is 12.4. The molecular weight excluding hydrogens is 482 g/mol. The number of ether oxygens (including phenoxy) is 1. The third-order valence-electron chi connectivity index (χ3n) is 6.82. The molecule has 0 N–H and O–H groups in total. The summed E-state index contributed by atoms with van der Waals surface area (Å²) in [6.07, 6.45) is 7.96. The highest BCUT2D eigenvalue weighted by molar-refractivity contribution is 6.30. The van der Waals surface area contributed by atoms with E-state index in [4.69, 9.17) is 20.8 Å². The Balaban J connectivity index is 1.16. The molecular formula is C25H30ClN7O3. The molecule has 1 amide bonds. The second-order valence-corrected chi connectivity index (χ2v) is 9.87. The van der Waals surface area contributed by atoms with E-state index < -0.39 is 0 Å². The van der Waals surface area contributed by atoms with Gasteiger partial charge in [-0.25, -0.2) is 0 Å². The molecule has 3 aromatic rings. The fourth-order valence-electron chi connectivity index (χ4n) is 4.74. The first-order valence-corrected chi connectivity index (χ1v) is 12.8. The van der Waals surface area contributed by atoms with Crippen LogP contribution in [0.1, 0.15) is 60.3 Å². The van der Waals surface area contributed by atoms with Gasteiger partial charge in [-0.2, -0.15) is 4.80 Å². The third-order valence-corrected chi connectivity index (χ3v) is 7.05. The second-order valence-electron chi connectivity index (χ2n) is 9.44. The summed E-state index contributed by atoms with van der Waals surface area (Å²) < 4.78 is 11.4. The largest absolute Gasteiger partial charge is 0.425 e. The maximum Gasteiger partial charge on any atom is 0.246 e.